The molecule has 0 bridgehead atoms. The number of rotatable bonds is 6. The molecule has 178 valence electrons. The van der Waals surface area contributed by atoms with Crippen LogP contribution < -0.4 is 0 Å². The van der Waals surface area contributed by atoms with Crippen LogP contribution in [0.15, 0.2) is 0 Å². The molecule has 0 saturated heterocycles. The second-order valence-corrected chi connectivity index (χ2v) is 13.7. The van der Waals surface area contributed by atoms with Crippen molar-refractivity contribution in [1.29, 1.82) is 0 Å². The van der Waals surface area contributed by atoms with Gasteiger partial charge in [0, 0.05) is 11.3 Å². The molecule has 9 atom stereocenters. The van der Waals surface area contributed by atoms with Crippen molar-refractivity contribution in [3.05, 3.63) is 10.1 Å². The van der Waals surface area contributed by atoms with E-state index in [-0.39, 0.29) is 21.7 Å². The lowest BCUT2D eigenvalue weighted by atomic mass is 9.43. The minimum Gasteiger partial charge on any atom is -0.263 e. The molecule has 0 aliphatic heterocycles. The molecule has 0 heterocycles. The molecule has 31 heavy (non-hydrogen) atoms. The zero-order valence-corrected chi connectivity index (χ0v) is 21.4. The van der Waals surface area contributed by atoms with Crippen molar-refractivity contribution >= 4 is 11.6 Å². The summed E-state index contributed by atoms with van der Waals surface area (Å²) in [4.78, 5) is 11.2. The number of hydrogen-bond acceptors (Lipinski definition) is 2. The van der Waals surface area contributed by atoms with Crippen LogP contribution in [0, 0.1) is 62.4 Å². The van der Waals surface area contributed by atoms with E-state index < -0.39 is 5.00 Å². The van der Waals surface area contributed by atoms with Crippen molar-refractivity contribution < 1.29 is 4.92 Å². The van der Waals surface area contributed by atoms with Crippen LogP contribution in [0.3, 0.4) is 0 Å². The van der Waals surface area contributed by atoms with Crippen LogP contribution >= 0.6 is 11.6 Å². The third-order valence-corrected chi connectivity index (χ3v) is 11.7. The van der Waals surface area contributed by atoms with Crippen molar-refractivity contribution in [3.8, 4) is 0 Å². The van der Waals surface area contributed by atoms with Gasteiger partial charge < -0.3 is 0 Å². The molecule has 4 heteroatoms. The first-order valence-corrected chi connectivity index (χ1v) is 13.7. The highest BCUT2D eigenvalue weighted by Crippen LogP contribution is 2.71. The Balaban J connectivity index is 1.62. The molecule has 0 aromatic carbocycles. The average molecular weight is 452 g/mol. The molecule has 0 spiro atoms. The van der Waals surface area contributed by atoms with E-state index in [1.165, 1.54) is 51.4 Å². The van der Waals surface area contributed by atoms with Crippen LogP contribution in [0.25, 0.3) is 0 Å². The minimum atomic E-state index is -1.24. The van der Waals surface area contributed by atoms with Gasteiger partial charge in [-0.1, -0.05) is 66.7 Å². The van der Waals surface area contributed by atoms with E-state index in [9.17, 15) is 10.1 Å². The summed E-state index contributed by atoms with van der Waals surface area (Å²) in [6.45, 7) is 12.1. The molecular formula is C27H46ClNO2. The minimum absolute atomic E-state index is 0.0501. The van der Waals surface area contributed by atoms with Crippen molar-refractivity contribution in [2.24, 2.45) is 52.3 Å². The Hall–Kier alpha value is -0.310. The van der Waals surface area contributed by atoms with Crippen LogP contribution in [-0.4, -0.2) is 9.92 Å². The van der Waals surface area contributed by atoms with Crippen molar-refractivity contribution in [2.45, 2.75) is 117 Å². The second kappa shape index (κ2) is 8.48. The highest BCUT2D eigenvalue weighted by atomic mass is 35.5. The van der Waals surface area contributed by atoms with E-state index >= 15 is 0 Å². The fourth-order valence-corrected chi connectivity index (χ4v) is 9.94. The zero-order valence-electron chi connectivity index (χ0n) is 20.7. The standard InChI is InChI=1S/C27H46ClNO2/c1-18(2)9-8-10-19(3)21-12-13-22-24-23(14-16-26(21,22)5)25(4)15-7-6-11-20(25)17-27(24,28)29(30)31/h18-24H,6-17H2,1-5H3. The molecule has 0 aromatic heterocycles. The number of alkyl halides is 1. The monoisotopic (exact) mass is 451 g/mol. The van der Waals surface area contributed by atoms with Gasteiger partial charge in [0.15, 0.2) is 0 Å². The fraction of sp³-hybridized carbons (Fsp3) is 1.00. The zero-order chi connectivity index (χ0) is 22.6. The van der Waals surface area contributed by atoms with Crippen LogP contribution in [-0.2, 0) is 0 Å². The van der Waals surface area contributed by atoms with Crippen molar-refractivity contribution in [3.63, 3.8) is 0 Å². The third-order valence-electron chi connectivity index (χ3n) is 11.1. The molecule has 3 nitrogen and oxygen atoms in total. The Morgan fingerprint density at radius 1 is 0.968 bits per heavy atom. The van der Waals surface area contributed by atoms with Gasteiger partial charge in [0.2, 0.25) is 0 Å². The highest BCUT2D eigenvalue weighted by molar-refractivity contribution is 6.23. The molecular weight excluding hydrogens is 406 g/mol. The molecule has 4 aliphatic carbocycles. The first-order chi connectivity index (χ1) is 14.5. The molecule has 9 unspecified atom stereocenters. The molecule has 4 aliphatic rings. The van der Waals surface area contributed by atoms with E-state index in [0.29, 0.717) is 36.0 Å². The maximum atomic E-state index is 12.5. The van der Waals surface area contributed by atoms with E-state index in [0.717, 1.165) is 25.2 Å². The Kier molecular flexibility index (Phi) is 6.52. The number of nitrogens with zero attached hydrogens (tertiary/aromatic N) is 1. The van der Waals surface area contributed by atoms with Gasteiger partial charge in [-0.25, -0.2) is 0 Å². The number of halogens is 1. The predicted octanol–water partition coefficient (Wildman–Crippen LogP) is 8.32. The van der Waals surface area contributed by atoms with Crippen molar-refractivity contribution in [2.75, 3.05) is 0 Å². The largest absolute Gasteiger partial charge is 0.298 e. The Labute approximate surface area is 195 Å². The molecule has 0 radical (unpaired) electrons. The smallest absolute Gasteiger partial charge is 0.263 e. The van der Waals surface area contributed by atoms with Crippen LogP contribution in [0.2, 0.25) is 0 Å². The Bertz CT molecular complexity index is 682. The van der Waals surface area contributed by atoms with Gasteiger partial charge in [0.1, 0.15) is 0 Å². The van der Waals surface area contributed by atoms with E-state index in [1.54, 1.807) is 0 Å². The molecule has 0 amide bonds. The first kappa shape index (κ1) is 23.8. The average Bonchev–Trinajstić information content (AvgIpc) is 3.05. The van der Waals surface area contributed by atoms with Crippen LogP contribution in [0.1, 0.15) is 112 Å². The SMILES string of the molecule is CC(C)CCCC(C)C1CCC2C3C(CCC12C)C1(C)CCCCC1CC3(Cl)[N+](=O)[O-]. The first-order valence-electron chi connectivity index (χ1n) is 13.4. The summed E-state index contributed by atoms with van der Waals surface area (Å²) in [5.41, 5.74) is 0.492. The number of fused-ring (bicyclic) bond motifs is 5. The van der Waals surface area contributed by atoms with E-state index in [4.69, 9.17) is 11.6 Å². The fourth-order valence-electron chi connectivity index (χ4n) is 9.45. The Morgan fingerprint density at radius 2 is 1.68 bits per heavy atom. The summed E-state index contributed by atoms with van der Waals surface area (Å²) in [5.74, 6) is 3.53. The lowest BCUT2D eigenvalue weighted by molar-refractivity contribution is -0.568. The lowest BCUT2D eigenvalue weighted by Gasteiger charge is -2.62. The summed E-state index contributed by atoms with van der Waals surface area (Å²) >= 11 is 7.14. The molecule has 4 fully saturated rings. The van der Waals surface area contributed by atoms with Gasteiger partial charge in [-0.05, 0) is 96.5 Å². The highest BCUT2D eigenvalue weighted by Gasteiger charge is 2.70. The summed E-state index contributed by atoms with van der Waals surface area (Å²) in [7, 11) is 0. The van der Waals surface area contributed by atoms with E-state index in [2.05, 4.69) is 34.6 Å². The van der Waals surface area contributed by atoms with E-state index in [1.807, 2.05) is 0 Å². The topological polar surface area (TPSA) is 43.1 Å². The van der Waals surface area contributed by atoms with Gasteiger partial charge in [-0.2, -0.15) is 0 Å². The van der Waals surface area contributed by atoms with Gasteiger partial charge in [0.05, 0.1) is 5.92 Å². The second-order valence-electron chi connectivity index (χ2n) is 13.0. The normalized spacial score (nSPS) is 48.0. The quantitative estimate of drug-likeness (QED) is 0.176. The summed E-state index contributed by atoms with van der Waals surface area (Å²) in [6.07, 6.45) is 14.2. The molecule has 0 N–H and O–H groups in total. The predicted molar refractivity (Wildman–Crippen MR) is 129 cm³/mol. The van der Waals surface area contributed by atoms with Gasteiger partial charge in [-0.15, -0.1) is 0 Å². The summed E-state index contributed by atoms with van der Waals surface area (Å²) in [6, 6.07) is 0. The maximum absolute atomic E-state index is 12.5. The molecule has 4 rings (SSSR count). The van der Waals surface area contributed by atoms with Crippen LogP contribution in [0.4, 0.5) is 0 Å². The number of hydrogen-bond donors (Lipinski definition) is 0. The van der Waals surface area contributed by atoms with Gasteiger partial charge in [0.25, 0.3) is 5.00 Å². The van der Waals surface area contributed by atoms with Gasteiger partial charge in [-0.3, -0.25) is 10.1 Å². The number of nitro groups is 1. The molecule has 0 aromatic rings. The summed E-state index contributed by atoms with van der Waals surface area (Å²) < 4.78 is 0. The van der Waals surface area contributed by atoms with Crippen LogP contribution in [0.5, 0.6) is 0 Å². The third kappa shape index (κ3) is 3.77. The Morgan fingerprint density at radius 3 is 2.35 bits per heavy atom. The maximum Gasteiger partial charge on any atom is 0.298 e. The van der Waals surface area contributed by atoms with Gasteiger partial charge >= 0.3 is 0 Å². The van der Waals surface area contributed by atoms with Crippen molar-refractivity contribution in [1.82, 2.24) is 0 Å². The molecule has 4 saturated carbocycles. The summed E-state index contributed by atoms with van der Waals surface area (Å²) in [5, 5.41) is 12.5. The lowest BCUT2D eigenvalue weighted by Crippen LogP contribution is -2.63.